The van der Waals surface area contributed by atoms with Crippen molar-refractivity contribution in [1.82, 2.24) is 0 Å². The van der Waals surface area contributed by atoms with Crippen LogP contribution in [0.5, 0.6) is 0 Å². The first kappa shape index (κ1) is 12.1. The average Bonchev–Trinajstić information content (AvgIpc) is 2.17. The summed E-state index contributed by atoms with van der Waals surface area (Å²) in [7, 11) is 0. The molecule has 3 heteroatoms. The van der Waals surface area contributed by atoms with Crippen LogP contribution < -0.4 is 5.73 Å². The van der Waals surface area contributed by atoms with E-state index in [0.717, 1.165) is 24.3 Å². The summed E-state index contributed by atoms with van der Waals surface area (Å²) in [5, 5.41) is 7.09. The monoisotopic (exact) mass is 222 g/mol. The lowest BCUT2D eigenvalue weighted by atomic mass is 10.2. The number of thioether (sulfide) groups is 1. The fourth-order valence-corrected chi connectivity index (χ4v) is 2.26. The molecule has 0 unspecified atom stereocenters. The van der Waals surface area contributed by atoms with E-state index in [9.17, 15) is 0 Å². The van der Waals surface area contributed by atoms with Crippen LogP contribution in [-0.4, -0.2) is 11.6 Å². The maximum absolute atomic E-state index is 7.09. The summed E-state index contributed by atoms with van der Waals surface area (Å²) in [6.07, 6.45) is 1.73. The molecular formula is C12H18N2S. The molecule has 0 saturated heterocycles. The third kappa shape index (κ3) is 5.47. The highest BCUT2D eigenvalue weighted by atomic mass is 32.2. The maximum Gasteiger partial charge on any atom is 0.0905 e. The Labute approximate surface area is 95.8 Å². The highest BCUT2D eigenvalue weighted by Gasteiger charge is 1.95. The van der Waals surface area contributed by atoms with Gasteiger partial charge < -0.3 is 5.73 Å². The van der Waals surface area contributed by atoms with Gasteiger partial charge in [-0.05, 0) is 24.7 Å². The number of rotatable bonds is 6. The number of benzene rings is 1. The molecule has 0 atom stereocenters. The lowest BCUT2D eigenvalue weighted by Gasteiger charge is -2.02. The predicted molar refractivity (Wildman–Crippen MR) is 68.5 cm³/mol. The molecule has 2 nitrogen and oxygen atoms in total. The lowest BCUT2D eigenvalue weighted by Crippen LogP contribution is -2.08. The van der Waals surface area contributed by atoms with Crippen LogP contribution in [0.15, 0.2) is 24.3 Å². The summed E-state index contributed by atoms with van der Waals surface area (Å²) >= 11 is 1.90. The number of hydrogen-bond acceptors (Lipinski definition) is 2. The standard InChI is InChI=1S/C12H18N2S/c1-10-4-2-5-11(8-10)9-15-7-3-6-12(13)14/h2,4-5,8H,3,6-7,9H2,1H3,(H3,13,14). The summed E-state index contributed by atoms with van der Waals surface area (Å²) in [6, 6.07) is 8.59. The second-order valence-electron chi connectivity index (χ2n) is 3.67. The highest BCUT2D eigenvalue weighted by molar-refractivity contribution is 7.98. The molecule has 0 radical (unpaired) electrons. The fourth-order valence-electron chi connectivity index (χ4n) is 1.36. The molecule has 0 aliphatic heterocycles. The first-order chi connectivity index (χ1) is 7.18. The van der Waals surface area contributed by atoms with Gasteiger partial charge in [-0.1, -0.05) is 29.8 Å². The van der Waals surface area contributed by atoms with Gasteiger partial charge in [0.1, 0.15) is 0 Å². The molecule has 1 aromatic rings. The smallest absolute Gasteiger partial charge is 0.0905 e. The summed E-state index contributed by atoms with van der Waals surface area (Å²) in [5.74, 6) is 2.43. The van der Waals surface area contributed by atoms with Crippen molar-refractivity contribution >= 4 is 17.6 Å². The van der Waals surface area contributed by atoms with Crippen LogP contribution >= 0.6 is 11.8 Å². The Morgan fingerprint density at radius 2 is 2.27 bits per heavy atom. The second kappa shape index (κ2) is 6.51. The number of hydrogen-bond donors (Lipinski definition) is 2. The van der Waals surface area contributed by atoms with Crippen LogP contribution in [0.1, 0.15) is 24.0 Å². The number of amidine groups is 1. The molecule has 1 aromatic carbocycles. The zero-order valence-electron chi connectivity index (χ0n) is 9.12. The Morgan fingerprint density at radius 3 is 2.93 bits per heavy atom. The van der Waals surface area contributed by atoms with Crippen molar-refractivity contribution in [2.75, 3.05) is 5.75 Å². The Hall–Kier alpha value is -0.960. The van der Waals surface area contributed by atoms with Gasteiger partial charge in [0.25, 0.3) is 0 Å². The van der Waals surface area contributed by atoms with Crippen LogP contribution in [0.4, 0.5) is 0 Å². The molecule has 0 bridgehead atoms. The summed E-state index contributed by atoms with van der Waals surface area (Å²) in [5.41, 5.74) is 7.97. The molecule has 82 valence electrons. The van der Waals surface area contributed by atoms with Crippen molar-refractivity contribution in [1.29, 1.82) is 5.41 Å². The van der Waals surface area contributed by atoms with Gasteiger partial charge in [-0.2, -0.15) is 11.8 Å². The van der Waals surface area contributed by atoms with E-state index < -0.39 is 0 Å². The molecule has 0 aliphatic carbocycles. The van der Waals surface area contributed by atoms with Gasteiger partial charge in [-0.3, -0.25) is 5.41 Å². The van der Waals surface area contributed by atoms with Crippen LogP contribution in [0.25, 0.3) is 0 Å². The minimum absolute atomic E-state index is 0.297. The second-order valence-corrected chi connectivity index (χ2v) is 4.78. The molecule has 0 aromatic heterocycles. The molecule has 0 amide bonds. The molecule has 0 aliphatic rings. The van der Waals surface area contributed by atoms with E-state index in [1.54, 1.807) is 0 Å². The Kier molecular flexibility index (Phi) is 5.26. The first-order valence-electron chi connectivity index (χ1n) is 5.14. The third-order valence-corrected chi connectivity index (χ3v) is 3.20. The largest absolute Gasteiger partial charge is 0.388 e. The molecule has 0 fully saturated rings. The molecule has 0 spiro atoms. The van der Waals surface area contributed by atoms with Gasteiger partial charge in [-0.15, -0.1) is 0 Å². The van der Waals surface area contributed by atoms with Crippen molar-refractivity contribution in [3.63, 3.8) is 0 Å². The van der Waals surface area contributed by atoms with E-state index >= 15 is 0 Å². The molecule has 15 heavy (non-hydrogen) atoms. The lowest BCUT2D eigenvalue weighted by molar-refractivity contribution is 0.988. The van der Waals surface area contributed by atoms with Gasteiger partial charge in [0.2, 0.25) is 0 Å². The average molecular weight is 222 g/mol. The number of nitrogens with one attached hydrogen (secondary N) is 1. The minimum Gasteiger partial charge on any atom is -0.388 e. The van der Waals surface area contributed by atoms with Gasteiger partial charge in [0.05, 0.1) is 5.84 Å². The third-order valence-electron chi connectivity index (χ3n) is 2.09. The van der Waals surface area contributed by atoms with Gasteiger partial charge in [0.15, 0.2) is 0 Å². The highest BCUT2D eigenvalue weighted by Crippen LogP contribution is 2.14. The van der Waals surface area contributed by atoms with E-state index in [4.69, 9.17) is 11.1 Å². The van der Waals surface area contributed by atoms with Gasteiger partial charge in [-0.25, -0.2) is 0 Å². The van der Waals surface area contributed by atoms with Crippen LogP contribution in [0.2, 0.25) is 0 Å². The topological polar surface area (TPSA) is 49.9 Å². The zero-order chi connectivity index (χ0) is 11.1. The minimum atomic E-state index is 0.297. The van der Waals surface area contributed by atoms with E-state index in [1.165, 1.54) is 11.1 Å². The molecule has 0 saturated carbocycles. The first-order valence-corrected chi connectivity index (χ1v) is 6.30. The maximum atomic E-state index is 7.09. The summed E-state index contributed by atoms with van der Waals surface area (Å²) in [4.78, 5) is 0. The Morgan fingerprint density at radius 1 is 1.47 bits per heavy atom. The molecule has 1 rings (SSSR count). The van der Waals surface area contributed by atoms with E-state index in [2.05, 4.69) is 31.2 Å². The normalized spacial score (nSPS) is 10.2. The molecule has 0 heterocycles. The molecule has 3 N–H and O–H groups in total. The summed E-state index contributed by atoms with van der Waals surface area (Å²) in [6.45, 7) is 2.11. The molecular weight excluding hydrogens is 204 g/mol. The zero-order valence-corrected chi connectivity index (χ0v) is 9.94. The summed E-state index contributed by atoms with van der Waals surface area (Å²) < 4.78 is 0. The van der Waals surface area contributed by atoms with Crippen LogP contribution in [-0.2, 0) is 5.75 Å². The van der Waals surface area contributed by atoms with Crippen molar-refractivity contribution in [2.24, 2.45) is 5.73 Å². The van der Waals surface area contributed by atoms with E-state index in [1.807, 2.05) is 11.8 Å². The van der Waals surface area contributed by atoms with Crippen molar-refractivity contribution in [2.45, 2.75) is 25.5 Å². The number of nitrogens with two attached hydrogens (primary N) is 1. The van der Waals surface area contributed by atoms with E-state index in [-0.39, 0.29) is 0 Å². The predicted octanol–water partition coefficient (Wildman–Crippen LogP) is 2.94. The Balaban J connectivity index is 2.17. The van der Waals surface area contributed by atoms with Crippen LogP contribution in [0.3, 0.4) is 0 Å². The van der Waals surface area contributed by atoms with Crippen molar-refractivity contribution in [3.8, 4) is 0 Å². The Bertz CT molecular complexity index is 323. The van der Waals surface area contributed by atoms with Crippen molar-refractivity contribution < 1.29 is 0 Å². The van der Waals surface area contributed by atoms with Gasteiger partial charge >= 0.3 is 0 Å². The number of aryl methyl sites for hydroxylation is 1. The van der Waals surface area contributed by atoms with Crippen LogP contribution in [0, 0.1) is 12.3 Å². The van der Waals surface area contributed by atoms with Crippen molar-refractivity contribution in [3.05, 3.63) is 35.4 Å². The van der Waals surface area contributed by atoms with E-state index in [0.29, 0.717) is 5.84 Å². The quantitative estimate of drug-likeness (QED) is 0.442. The fraction of sp³-hybridized carbons (Fsp3) is 0.417. The van der Waals surface area contributed by atoms with Gasteiger partial charge in [0, 0.05) is 12.2 Å². The SMILES string of the molecule is Cc1cccc(CSCCCC(=N)N)c1.